The van der Waals surface area contributed by atoms with E-state index >= 15 is 4.39 Å². The summed E-state index contributed by atoms with van der Waals surface area (Å²) in [6, 6.07) is 7.67. The lowest BCUT2D eigenvalue weighted by Crippen LogP contribution is -2.33. The van der Waals surface area contributed by atoms with Gasteiger partial charge in [-0.05, 0) is 63.6 Å². The van der Waals surface area contributed by atoms with E-state index in [-0.39, 0.29) is 17.2 Å². The lowest BCUT2D eigenvalue weighted by Gasteiger charge is -2.19. The Balaban J connectivity index is 1.58. The predicted octanol–water partition coefficient (Wildman–Crippen LogP) is 6.94. The van der Waals surface area contributed by atoms with Crippen LogP contribution in [-0.2, 0) is 14.8 Å². The van der Waals surface area contributed by atoms with Crippen LogP contribution in [0, 0.1) is 17.5 Å². The van der Waals surface area contributed by atoms with E-state index in [1.165, 1.54) is 35.7 Å². The van der Waals surface area contributed by atoms with Gasteiger partial charge < -0.3 is 15.4 Å². The molecule has 4 rings (SSSR count). The van der Waals surface area contributed by atoms with Crippen LogP contribution in [-0.4, -0.2) is 48.2 Å². The van der Waals surface area contributed by atoms with Crippen molar-refractivity contribution in [3.8, 4) is 21.8 Å². The van der Waals surface area contributed by atoms with Gasteiger partial charge in [-0.1, -0.05) is 19.9 Å². The lowest BCUT2D eigenvalue weighted by molar-refractivity contribution is 0.0527. The first-order valence-electron chi connectivity index (χ1n) is 14.0. The van der Waals surface area contributed by atoms with Crippen LogP contribution >= 0.6 is 11.3 Å². The normalized spacial score (nSPS) is 11.8. The summed E-state index contributed by atoms with van der Waals surface area (Å²) in [5, 5.41) is 6.46. The van der Waals surface area contributed by atoms with Gasteiger partial charge in [-0.2, -0.15) is 0 Å². The van der Waals surface area contributed by atoms with Crippen molar-refractivity contribution < 1.29 is 31.1 Å². The van der Waals surface area contributed by atoms with Crippen LogP contribution in [0.3, 0.4) is 0 Å². The number of benzene rings is 2. The number of sulfonamides is 1. The van der Waals surface area contributed by atoms with E-state index in [1.807, 2.05) is 18.6 Å². The smallest absolute Gasteiger partial charge is 0.407 e. The van der Waals surface area contributed by atoms with Crippen molar-refractivity contribution in [1.82, 2.24) is 20.3 Å². The van der Waals surface area contributed by atoms with E-state index in [4.69, 9.17) is 4.74 Å². The number of ether oxygens (including phenoxy) is 1. The molecule has 1 amide bonds. The van der Waals surface area contributed by atoms with E-state index in [0.717, 1.165) is 6.07 Å². The molecule has 0 atom stereocenters. The third-order valence-corrected chi connectivity index (χ3v) is 8.77. The third kappa shape index (κ3) is 8.69. The van der Waals surface area contributed by atoms with Crippen molar-refractivity contribution in [1.29, 1.82) is 0 Å². The Labute approximate surface area is 263 Å². The van der Waals surface area contributed by atoms with Crippen LogP contribution in [0.4, 0.5) is 29.6 Å². The number of nitrogens with one attached hydrogen (secondary N) is 3. The topological polar surface area (TPSA) is 135 Å². The zero-order valence-corrected chi connectivity index (χ0v) is 26.9. The fraction of sp³-hybridized carbons (Fsp3) is 0.333. The van der Waals surface area contributed by atoms with Gasteiger partial charge >= 0.3 is 6.09 Å². The molecule has 10 nitrogen and oxygen atoms in total. The number of carbonyl (C=O) groups excluding carboxylic acids is 1. The summed E-state index contributed by atoms with van der Waals surface area (Å²) >= 11 is 1.30. The van der Waals surface area contributed by atoms with Crippen molar-refractivity contribution >= 4 is 39.1 Å². The summed E-state index contributed by atoms with van der Waals surface area (Å²) in [5.74, 6) is -2.81. The average Bonchev–Trinajstić information content (AvgIpc) is 3.40. The molecule has 2 aromatic carbocycles. The second-order valence-electron chi connectivity index (χ2n) is 11.2. The molecule has 3 N–H and O–H groups in total. The number of alkyl carbamates (subject to hydrolysis) is 1. The average molecular weight is 663 g/mol. The lowest BCUT2D eigenvalue weighted by atomic mass is 10.1. The summed E-state index contributed by atoms with van der Waals surface area (Å²) in [7, 11) is -4.67. The van der Waals surface area contributed by atoms with E-state index in [1.54, 1.807) is 26.8 Å². The first-order chi connectivity index (χ1) is 21.1. The highest BCUT2D eigenvalue weighted by Gasteiger charge is 2.25. The maximum atomic E-state index is 15.9. The summed E-state index contributed by atoms with van der Waals surface area (Å²) < 4.78 is 76.8. The number of hydrogen-bond donors (Lipinski definition) is 3. The molecule has 4 aromatic rings. The largest absolute Gasteiger partial charge is 0.444 e. The SMILES string of the molecule is CC(C)c1nc(-c2cccc(NS(=O)(=O)c3cc(F)ccc3F)c2F)c(-c2ccnc(NCCCNC(=O)OC(C)(C)C)n2)s1. The number of carbonyl (C=O) groups is 1. The molecular formula is C30H33F3N6O4S2. The fourth-order valence-electron chi connectivity index (χ4n) is 3.98. The van der Waals surface area contributed by atoms with Gasteiger partial charge in [0.2, 0.25) is 5.95 Å². The van der Waals surface area contributed by atoms with E-state index in [0.29, 0.717) is 53.2 Å². The molecule has 15 heteroatoms. The Morgan fingerprint density at radius 1 is 1.04 bits per heavy atom. The number of aromatic nitrogens is 3. The van der Waals surface area contributed by atoms with Crippen LogP contribution in [0.1, 0.15) is 52.0 Å². The third-order valence-electron chi connectivity index (χ3n) is 6.01. The Morgan fingerprint density at radius 3 is 2.51 bits per heavy atom. The van der Waals surface area contributed by atoms with Gasteiger partial charge in [0.05, 0.1) is 27.0 Å². The molecule has 0 saturated heterocycles. The van der Waals surface area contributed by atoms with Crippen molar-refractivity contribution in [2.75, 3.05) is 23.1 Å². The molecule has 0 aliphatic carbocycles. The minimum atomic E-state index is -4.67. The van der Waals surface area contributed by atoms with Crippen LogP contribution in [0.15, 0.2) is 53.6 Å². The van der Waals surface area contributed by atoms with E-state index < -0.39 is 49.8 Å². The maximum Gasteiger partial charge on any atom is 0.407 e. The minimum Gasteiger partial charge on any atom is -0.444 e. The summed E-state index contributed by atoms with van der Waals surface area (Å²) in [4.78, 5) is 24.9. The van der Waals surface area contributed by atoms with Gasteiger partial charge in [0.1, 0.15) is 22.1 Å². The van der Waals surface area contributed by atoms with Gasteiger partial charge in [0.15, 0.2) is 5.82 Å². The van der Waals surface area contributed by atoms with Crippen LogP contribution in [0.25, 0.3) is 21.8 Å². The van der Waals surface area contributed by atoms with Crippen molar-refractivity contribution in [2.45, 2.75) is 57.5 Å². The molecule has 2 heterocycles. The minimum absolute atomic E-state index is 0.0138. The number of anilines is 2. The monoisotopic (exact) mass is 662 g/mol. The first kappa shape index (κ1) is 33.6. The van der Waals surface area contributed by atoms with Crippen molar-refractivity contribution in [2.24, 2.45) is 0 Å². The number of hydrogen-bond acceptors (Lipinski definition) is 9. The Bertz CT molecular complexity index is 1790. The molecule has 0 unspecified atom stereocenters. The van der Waals surface area contributed by atoms with Crippen LogP contribution in [0.5, 0.6) is 0 Å². The van der Waals surface area contributed by atoms with E-state index in [2.05, 4.69) is 25.6 Å². The van der Waals surface area contributed by atoms with E-state index in [9.17, 15) is 22.0 Å². The van der Waals surface area contributed by atoms with Gasteiger partial charge in [-0.3, -0.25) is 4.72 Å². The number of rotatable bonds is 11. The molecule has 0 aliphatic heterocycles. The van der Waals surface area contributed by atoms with Gasteiger partial charge in [0, 0.05) is 30.8 Å². The molecule has 0 spiro atoms. The number of halogens is 3. The highest BCUT2D eigenvalue weighted by Crippen LogP contribution is 2.40. The second-order valence-corrected chi connectivity index (χ2v) is 13.9. The zero-order valence-electron chi connectivity index (χ0n) is 25.2. The van der Waals surface area contributed by atoms with Crippen molar-refractivity contribution in [3.05, 3.63) is 71.1 Å². The number of thiazole rings is 1. The molecule has 45 heavy (non-hydrogen) atoms. The standard InChI is InChI=1S/C30H33F3N6O4S2/c1-17(2)27-38-25(19-8-6-9-21(24(19)33)39-45(41,42)23-16-18(31)10-11-20(23)32)26(44-27)22-12-15-35-28(37-22)34-13-7-14-36-29(40)43-30(3,4)5/h6,8-12,15-17,39H,7,13-14H2,1-5H3,(H,36,40)(H,34,35,37). The zero-order chi connectivity index (χ0) is 32.9. The highest BCUT2D eigenvalue weighted by molar-refractivity contribution is 7.92. The summed E-state index contributed by atoms with van der Waals surface area (Å²) in [6.45, 7) is 10.00. The summed E-state index contributed by atoms with van der Waals surface area (Å²) in [5.41, 5.74) is -0.403. The maximum absolute atomic E-state index is 15.9. The first-order valence-corrected chi connectivity index (χ1v) is 16.3. The number of nitrogens with zero attached hydrogens (tertiary/aromatic N) is 3. The van der Waals surface area contributed by atoms with Gasteiger partial charge in [-0.25, -0.2) is 41.3 Å². The second kappa shape index (κ2) is 13.8. The highest BCUT2D eigenvalue weighted by atomic mass is 32.2. The Hall–Kier alpha value is -4.24. The Kier molecular flexibility index (Phi) is 10.3. The van der Waals surface area contributed by atoms with Crippen molar-refractivity contribution in [3.63, 3.8) is 0 Å². The van der Waals surface area contributed by atoms with Gasteiger partial charge in [0.25, 0.3) is 10.0 Å². The molecular weight excluding hydrogens is 629 g/mol. The molecule has 0 aliphatic rings. The molecule has 0 fully saturated rings. The molecule has 2 aromatic heterocycles. The predicted molar refractivity (Wildman–Crippen MR) is 167 cm³/mol. The molecule has 0 radical (unpaired) electrons. The van der Waals surface area contributed by atoms with Crippen LogP contribution < -0.4 is 15.4 Å². The fourth-order valence-corrected chi connectivity index (χ4v) is 6.18. The van der Waals surface area contributed by atoms with Crippen LogP contribution in [0.2, 0.25) is 0 Å². The number of amides is 1. The molecule has 240 valence electrons. The molecule has 0 bridgehead atoms. The van der Waals surface area contributed by atoms with Gasteiger partial charge in [-0.15, -0.1) is 11.3 Å². The Morgan fingerprint density at radius 2 is 1.80 bits per heavy atom. The summed E-state index contributed by atoms with van der Waals surface area (Å²) in [6.07, 6.45) is 1.59. The molecule has 0 saturated carbocycles. The quantitative estimate of drug-likeness (QED) is 0.147.